The van der Waals surface area contributed by atoms with Crippen molar-refractivity contribution < 1.29 is 23.8 Å². The maximum atomic E-state index is 12.7. The first-order valence-electron chi connectivity index (χ1n) is 8.63. The molecule has 0 bridgehead atoms. The molecule has 7 heteroatoms. The first-order valence-corrected chi connectivity index (χ1v) is 8.63. The highest BCUT2D eigenvalue weighted by Gasteiger charge is 2.42. The van der Waals surface area contributed by atoms with Crippen molar-refractivity contribution in [2.45, 2.75) is 31.2 Å². The lowest BCUT2D eigenvalue weighted by atomic mass is 10.0. The van der Waals surface area contributed by atoms with Gasteiger partial charge >= 0.3 is 0 Å². The number of rotatable bonds is 3. The summed E-state index contributed by atoms with van der Waals surface area (Å²) in [5.41, 5.74) is 1.69. The lowest BCUT2D eigenvalue weighted by molar-refractivity contribution is -0.189. The number of nitrogens with zero attached hydrogens (tertiary/aromatic N) is 2. The average Bonchev–Trinajstić information content (AvgIpc) is 3.32. The van der Waals surface area contributed by atoms with E-state index in [-0.39, 0.29) is 5.91 Å². The smallest absolute Gasteiger partial charge is 0.266 e. The molecule has 7 nitrogen and oxygen atoms in total. The summed E-state index contributed by atoms with van der Waals surface area (Å²) in [5, 5.41) is 4.11. The number of carbonyl (C=O) groups excluding carboxylic acids is 1. The lowest BCUT2D eigenvalue weighted by Gasteiger charge is -2.38. The van der Waals surface area contributed by atoms with Crippen molar-refractivity contribution in [2.24, 2.45) is 5.16 Å². The summed E-state index contributed by atoms with van der Waals surface area (Å²) in [6, 6.07) is 7.61. The van der Waals surface area contributed by atoms with Gasteiger partial charge in [0.15, 0.2) is 5.79 Å². The van der Waals surface area contributed by atoms with Gasteiger partial charge in [-0.3, -0.25) is 4.79 Å². The molecule has 25 heavy (non-hydrogen) atoms. The average molecular weight is 346 g/mol. The van der Waals surface area contributed by atoms with Crippen molar-refractivity contribution >= 4 is 11.6 Å². The predicted octanol–water partition coefficient (Wildman–Crippen LogP) is 1.55. The Morgan fingerprint density at radius 1 is 1.28 bits per heavy atom. The van der Waals surface area contributed by atoms with E-state index >= 15 is 0 Å². The molecule has 2 saturated heterocycles. The number of oxime groups is 1. The van der Waals surface area contributed by atoms with E-state index in [4.69, 9.17) is 19.0 Å². The third-order valence-electron chi connectivity index (χ3n) is 5.00. The van der Waals surface area contributed by atoms with Gasteiger partial charge in [0, 0.05) is 37.9 Å². The number of likely N-dealkylation sites (tertiary alicyclic amines) is 1. The third-order valence-corrected chi connectivity index (χ3v) is 5.00. The molecule has 3 aliphatic heterocycles. The number of hydrogen-bond acceptors (Lipinski definition) is 6. The monoisotopic (exact) mass is 346 g/mol. The Labute approximate surface area is 146 Å². The zero-order chi connectivity index (χ0) is 17.3. The first-order chi connectivity index (χ1) is 12.2. The zero-order valence-electron chi connectivity index (χ0n) is 14.3. The Bertz CT molecular complexity index is 674. The Hall–Kier alpha value is -2.12. The Balaban J connectivity index is 1.35. The van der Waals surface area contributed by atoms with Gasteiger partial charge in [0.2, 0.25) is 6.10 Å². The molecule has 3 heterocycles. The van der Waals surface area contributed by atoms with E-state index in [9.17, 15) is 4.79 Å². The third kappa shape index (κ3) is 3.21. The maximum absolute atomic E-state index is 12.7. The second-order valence-electron chi connectivity index (χ2n) is 6.50. The van der Waals surface area contributed by atoms with Gasteiger partial charge in [-0.05, 0) is 12.1 Å². The number of ether oxygens (including phenoxy) is 3. The summed E-state index contributed by atoms with van der Waals surface area (Å²) in [4.78, 5) is 20.0. The van der Waals surface area contributed by atoms with Gasteiger partial charge in [-0.25, -0.2) is 0 Å². The van der Waals surface area contributed by atoms with E-state index in [1.165, 1.54) is 0 Å². The normalized spacial score (nSPS) is 24.9. The second kappa shape index (κ2) is 6.65. The molecule has 0 aromatic heterocycles. The van der Waals surface area contributed by atoms with Crippen LogP contribution in [-0.4, -0.2) is 61.8 Å². The minimum atomic E-state index is -0.555. The van der Waals surface area contributed by atoms with Crippen LogP contribution in [0.3, 0.4) is 0 Å². The lowest BCUT2D eigenvalue weighted by Crippen LogP contribution is -2.50. The topological polar surface area (TPSA) is 69.6 Å². The van der Waals surface area contributed by atoms with E-state index in [0.717, 1.165) is 17.0 Å². The molecule has 0 aliphatic carbocycles. The first kappa shape index (κ1) is 16.4. The minimum absolute atomic E-state index is 0.0190. The van der Waals surface area contributed by atoms with E-state index in [0.29, 0.717) is 45.6 Å². The van der Waals surface area contributed by atoms with Crippen LogP contribution in [0.1, 0.15) is 24.8 Å². The van der Waals surface area contributed by atoms with Crippen molar-refractivity contribution in [3.63, 3.8) is 0 Å². The molecule has 0 saturated carbocycles. The molecule has 1 atom stereocenters. The summed E-state index contributed by atoms with van der Waals surface area (Å²) >= 11 is 0. The molecule has 4 rings (SSSR count). The SMILES string of the molecule is COc1cccc(C2=NO[C@@H](C(=O)N3CCC4(CC3)OCCO4)C2)c1. The van der Waals surface area contributed by atoms with Crippen LogP contribution in [0.15, 0.2) is 29.4 Å². The Morgan fingerprint density at radius 2 is 2.04 bits per heavy atom. The quantitative estimate of drug-likeness (QED) is 0.831. The molecular weight excluding hydrogens is 324 g/mol. The fourth-order valence-electron chi connectivity index (χ4n) is 3.54. The fourth-order valence-corrected chi connectivity index (χ4v) is 3.54. The molecule has 1 aromatic rings. The van der Waals surface area contributed by atoms with Crippen LogP contribution < -0.4 is 4.74 Å². The Morgan fingerprint density at radius 3 is 2.76 bits per heavy atom. The number of amides is 1. The molecule has 0 unspecified atom stereocenters. The number of hydrogen-bond donors (Lipinski definition) is 0. The van der Waals surface area contributed by atoms with E-state index in [1.807, 2.05) is 29.2 Å². The van der Waals surface area contributed by atoms with Crippen molar-refractivity contribution in [1.29, 1.82) is 0 Å². The van der Waals surface area contributed by atoms with Gasteiger partial charge in [0.25, 0.3) is 5.91 Å². The van der Waals surface area contributed by atoms with Gasteiger partial charge in [-0.2, -0.15) is 0 Å². The number of benzene rings is 1. The van der Waals surface area contributed by atoms with Crippen molar-refractivity contribution in [2.75, 3.05) is 33.4 Å². The number of piperidine rings is 1. The molecule has 1 aromatic carbocycles. The van der Waals surface area contributed by atoms with Gasteiger partial charge < -0.3 is 23.9 Å². The summed E-state index contributed by atoms with van der Waals surface area (Å²) < 4.78 is 16.6. The molecule has 1 amide bonds. The van der Waals surface area contributed by atoms with Crippen LogP contribution in [0.2, 0.25) is 0 Å². The molecule has 1 spiro atoms. The Kier molecular flexibility index (Phi) is 4.35. The minimum Gasteiger partial charge on any atom is -0.497 e. The zero-order valence-corrected chi connectivity index (χ0v) is 14.3. The van der Waals surface area contributed by atoms with Crippen LogP contribution in [0, 0.1) is 0 Å². The van der Waals surface area contributed by atoms with E-state index in [2.05, 4.69) is 5.16 Å². The van der Waals surface area contributed by atoms with Crippen LogP contribution in [0.4, 0.5) is 0 Å². The summed E-state index contributed by atoms with van der Waals surface area (Å²) in [7, 11) is 1.62. The van der Waals surface area contributed by atoms with Gasteiger partial charge in [-0.1, -0.05) is 17.3 Å². The largest absolute Gasteiger partial charge is 0.497 e. The van der Waals surface area contributed by atoms with Gasteiger partial charge in [0.1, 0.15) is 5.75 Å². The highest BCUT2D eigenvalue weighted by Crippen LogP contribution is 2.32. The molecule has 0 radical (unpaired) electrons. The highest BCUT2D eigenvalue weighted by molar-refractivity contribution is 6.04. The van der Waals surface area contributed by atoms with Crippen LogP contribution in [-0.2, 0) is 19.1 Å². The van der Waals surface area contributed by atoms with Crippen LogP contribution in [0.25, 0.3) is 0 Å². The maximum Gasteiger partial charge on any atom is 0.266 e. The van der Waals surface area contributed by atoms with Crippen molar-refractivity contribution in [3.05, 3.63) is 29.8 Å². The van der Waals surface area contributed by atoms with Gasteiger partial charge in [-0.15, -0.1) is 0 Å². The van der Waals surface area contributed by atoms with Crippen molar-refractivity contribution in [3.8, 4) is 5.75 Å². The van der Waals surface area contributed by atoms with Crippen LogP contribution >= 0.6 is 0 Å². The molecule has 3 aliphatic rings. The standard InChI is InChI=1S/C18H22N2O5/c1-22-14-4-2-3-13(11-14)15-12-16(25-19-15)17(21)20-7-5-18(6-8-20)23-9-10-24-18/h2-4,11,16H,5-10,12H2,1H3/t16-/m1/s1. The highest BCUT2D eigenvalue weighted by atomic mass is 16.7. The molecule has 134 valence electrons. The number of methoxy groups -OCH3 is 1. The molecular formula is C18H22N2O5. The summed E-state index contributed by atoms with van der Waals surface area (Å²) in [6.45, 7) is 2.51. The van der Waals surface area contributed by atoms with Crippen molar-refractivity contribution in [1.82, 2.24) is 4.90 Å². The summed E-state index contributed by atoms with van der Waals surface area (Å²) in [6.07, 6.45) is 1.32. The number of carbonyl (C=O) groups is 1. The van der Waals surface area contributed by atoms with Gasteiger partial charge in [0.05, 0.1) is 26.0 Å². The predicted molar refractivity (Wildman–Crippen MR) is 89.5 cm³/mol. The van der Waals surface area contributed by atoms with E-state index in [1.54, 1.807) is 7.11 Å². The second-order valence-corrected chi connectivity index (χ2v) is 6.50. The molecule has 2 fully saturated rings. The van der Waals surface area contributed by atoms with Crippen LogP contribution in [0.5, 0.6) is 5.75 Å². The van der Waals surface area contributed by atoms with E-state index < -0.39 is 11.9 Å². The fraction of sp³-hybridized carbons (Fsp3) is 0.556. The summed E-state index contributed by atoms with van der Waals surface area (Å²) in [5.74, 6) is 0.262. The molecule has 0 N–H and O–H groups in total.